The third kappa shape index (κ3) is 7.08. The topological polar surface area (TPSA) is 76.0 Å². The molecule has 2 fully saturated rings. The summed E-state index contributed by atoms with van der Waals surface area (Å²) in [6.45, 7) is 2.96. The summed E-state index contributed by atoms with van der Waals surface area (Å²) in [5.74, 6) is -0.901. The van der Waals surface area contributed by atoms with E-state index in [1.165, 1.54) is 12.8 Å². The van der Waals surface area contributed by atoms with Gasteiger partial charge in [0.15, 0.2) is 6.29 Å². The highest BCUT2D eigenvalue weighted by molar-refractivity contribution is 5.67. The number of hydrogen-bond donors (Lipinski definition) is 2. The maximum absolute atomic E-state index is 11.0. The van der Waals surface area contributed by atoms with Crippen LogP contribution in [0.4, 0.5) is 0 Å². The molecule has 144 valence electrons. The number of unbranched alkanes of at least 4 members (excludes halogenated alkanes) is 2. The van der Waals surface area contributed by atoms with Crippen LogP contribution in [0, 0.1) is 11.8 Å². The van der Waals surface area contributed by atoms with Crippen LogP contribution < -0.4 is 0 Å². The molecule has 5 heteroatoms. The molecule has 1 heterocycles. The summed E-state index contributed by atoms with van der Waals surface area (Å²) in [4.78, 5) is 11.0. The maximum atomic E-state index is 11.0. The van der Waals surface area contributed by atoms with E-state index < -0.39 is 12.1 Å². The minimum absolute atomic E-state index is 0.0119. The molecule has 3 unspecified atom stereocenters. The number of aliphatic hydroxyl groups is 1. The summed E-state index contributed by atoms with van der Waals surface area (Å²) in [6, 6.07) is 0. The molecule has 2 N–H and O–H groups in total. The van der Waals surface area contributed by atoms with Crippen molar-refractivity contribution in [3.8, 4) is 0 Å². The predicted molar refractivity (Wildman–Crippen MR) is 96.2 cm³/mol. The number of ether oxygens (including phenoxy) is 2. The Bertz CT molecular complexity index is 416. The highest BCUT2D eigenvalue weighted by Gasteiger charge is 2.35. The maximum Gasteiger partial charge on any atom is 0.303 e. The van der Waals surface area contributed by atoms with E-state index in [1.807, 2.05) is 0 Å². The van der Waals surface area contributed by atoms with Crippen molar-refractivity contribution in [2.75, 3.05) is 6.61 Å². The minimum Gasteiger partial charge on any atom is -0.481 e. The van der Waals surface area contributed by atoms with Gasteiger partial charge in [0.25, 0.3) is 0 Å². The number of aliphatic hydroxyl groups excluding tert-OH is 1. The number of carbonyl (C=O) groups is 1. The number of allylic oxidation sites excluding steroid dienone is 1. The van der Waals surface area contributed by atoms with Crippen LogP contribution in [0.25, 0.3) is 0 Å². The van der Waals surface area contributed by atoms with Crippen molar-refractivity contribution in [1.82, 2.24) is 0 Å². The van der Waals surface area contributed by atoms with Gasteiger partial charge in [-0.15, -0.1) is 0 Å². The van der Waals surface area contributed by atoms with Crippen molar-refractivity contribution in [2.24, 2.45) is 11.8 Å². The first-order valence-electron chi connectivity index (χ1n) is 9.95. The SMILES string of the molecule is CCCCCC(C=CC1CC[C@H](O)[C@@H]1CC(=O)O)OC1CCCCO1. The summed E-state index contributed by atoms with van der Waals surface area (Å²) in [5, 5.41) is 19.1. The molecule has 0 aromatic heterocycles. The second-order valence-electron chi connectivity index (χ2n) is 7.42. The lowest BCUT2D eigenvalue weighted by Crippen LogP contribution is -2.27. The molecule has 1 saturated heterocycles. The zero-order valence-corrected chi connectivity index (χ0v) is 15.4. The van der Waals surface area contributed by atoms with Gasteiger partial charge in [-0.2, -0.15) is 0 Å². The molecule has 0 aromatic rings. The highest BCUT2D eigenvalue weighted by atomic mass is 16.7. The molecule has 25 heavy (non-hydrogen) atoms. The largest absolute Gasteiger partial charge is 0.481 e. The molecular formula is C20H34O5. The Morgan fingerprint density at radius 2 is 2.12 bits per heavy atom. The lowest BCUT2D eigenvalue weighted by atomic mass is 9.90. The van der Waals surface area contributed by atoms with E-state index in [4.69, 9.17) is 14.6 Å². The van der Waals surface area contributed by atoms with Crippen LogP contribution in [-0.4, -0.2) is 41.3 Å². The Morgan fingerprint density at radius 3 is 2.80 bits per heavy atom. The van der Waals surface area contributed by atoms with Gasteiger partial charge in [0.1, 0.15) is 0 Å². The van der Waals surface area contributed by atoms with E-state index in [1.54, 1.807) is 0 Å². The lowest BCUT2D eigenvalue weighted by Gasteiger charge is -2.27. The molecule has 0 radical (unpaired) electrons. The molecule has 1 aliphatic heterocycles. The first kappa shape index (κ1) is 20.4. The molecular weight excluding hydrogens is 320 g/mol. The fraction of sp³-hybridized carbons (Fsp3) is 0.850. The van der Waals surface area contributed by atoms with Gasteiger partial charge in [-0.3, -0.25) is 4.79 Å². The monoisotopic (exact) mass is 354 g/mol. The zero-order chi connectivity index (χ0) is 18.1. The zero-order valence-electron chi connectivity index (χ0n) is 15.4. The second-order valence-corrected chi connectivity index (χ2v) is 7.42. The van der Waals surface area contributed by atoms with Gasteiger partial charge in [0.2, 0.25) is 0 Å². The molecule has 0 aromatic carbocycles. The van der Waals surface area contributed by atoms with Crippen LogP contribution in [0.2, 0.25) is 0 Å². The first-order valence-corrected chi connectivity index (χ1v) is 9.95. The number of aliphatic carboxylic acids is 1. The summed E-state index contributed by atoms with van der Waals surface area (Å²) in [6.07, 6.45) is 12.7. The molecule has 5 atom stereocenters. The Kier molecular flexibility index (Phi) is 8.93. The fourth-order valence-corrected chi connectivity index (χ4v) is 3.89. The number of carboxylic acid groups (broad SMARTS) is 1. The van der Waals surface area contributed by atoms with Crippen molar-refractivity contribution >= 4 is 5.97 Å². The van der Waals surface area contributed by atoms with E-state index in [0.29, 0.717) is 6.42 Å². The minimum atomic E-state index is -0.837. The second kappa shape index (κ2) is 10.9. The number of carboxylic acids is 1. The van der Waals surface area contributed by atoms with Crippen LogP contribution in [0.1, 0.15) is 71.1 Å². The van der Waals surface area contributed by atoms with Gasteiger partial charge < -0.3 is 19.7 Å². The fourth-order valence-electron chi connectivity index (χ4n) is 3.89. The Balaban J connectivity index is 1.92. The first-order chi connectivity index (χ1) is 12.1. The molecule has 2 rings (SSSR count). The van der Waals surface area contributed by atoms with Crippen LogP contribution in [-0.2, 0) is 14.3 Å². The van der Waals surface area contributed by atoms with Gasteiger partial charge in [-0.1, -0.05) is 38.3 Å². The average Bonchev–Trinajstić information content (AvgIpc) is 2.93. The quantitative estimate of drug-likeness (QED) is 0.460. The van der Waals surface area contributed by atoms with Gasteiger partial charge in [-0.25, -0.2) is 0 Å². The molecule has 1 aliphatic carbocycles. The van der Waals surface area contributed by atoms with Gasteiger partial charge >= 0.3 is 5.97 Å². The lowest BCUT2D eigenvalue weighted by molar-refractivity contribution is -0.179. The Hall–Kier alpha value is -0.910. The van der Waals surface area contributed by atoms with E-state index in [9.17, 15) is 9.90 Å². The normalized spacial score (nSPS) is 31.4. The van der Waals surface area contributed by atoms with E-state index in [2.05, 4.69) is 19.1 Å². The molecule has 0 amide bonds. The van der Waals surface area contributed by atoms with E-state index in [-0.39, 0.29) is 30.7 Å². The highest BCUT2D eigenvalue weighted by Crippen LogP contribution is 2.35. The van der Waals surface area contributed by atoms with Crippen LogP contribution >= 0.6 is 0 Å². The molecule has 2 aliphatic rings. The van der Waals surface area contributed by atoms with Crippen molar-refractivity contribution in [3.05, 3.63) is 12.2 Å². The summed E-state index contributed by atoms with van der Waals surface area (Å²) in [7, 11) is 0. The predicted octanol–water partition coefficient (Wildman–Crippen LogP) is 3.90. The summed E-state index contributed by atoms with van der Waals surface area (Å²) in [5.41, 5.74) is 0. The third-order valence-corrected chi connectivity index (χ3v) is 5.38. The van der Waals surface area contributed by atoms with Crippen molar-refractivity contribution in [1.29, 1.82) is 0 Å². The van der Waals surface area contributed by atoms with Gasteiger partial charge in [0.05, 0.1) is 18.6 Å². The molecule has 0 bridgehead atoms. The van der Waals surface area contributed by atoms with Crippen LogP contribution in [0.15, 0.2) is 12.2 Å². The third-order valence-electron chi connectivity index (χ3n) is 5.38. The number of rotatable bonds is 10. The van der Waals surface area contributed by atoms with E-state index in [0.717, 1.165) is 45.1 Å². The summed E-state index contributed by atoms with van der Waals surface area (Å²) >= 11 is 0. The van der Waals surface area contributed by atoms with Crippen LogP contribution in [0.5, 0.6) is 0 Å². The molecule has 0 spiro atoms. The smallest absolute Gasteiger partial charge is 0.303 e. The number of hydrogen-bond acceptors (Lipinski definition) is 4. The Labute approximate surface area is 151 Å². The van der Waals surface area contributed by atoms with Gasteiger partial charge in [0, 0.05) is 12.5 Å². The van der Waals surface area contributed by atoms with Crippen molar-refractivity contribution in [2.45, 2.75) is 89.6 Å². The van der Waals surface area contributed by atoms with Crippen molar-refractivity contribution in [3.63, 3.8) is 0 Å². The van der Waals surface area contributed by atoms with Crippen LogP contribution in [0.3, 0.4) is 0 Å². The Morgan fingerprint density at radius 1 is 1.28 bits per heavy atom. The van der Waals surface area contributed by atoms with Gasteiger partial charge in [-0.05, 0) is 44.4 Å². The summed E-state index contributed by atoms with van der Waals surface area (Å²) < 4.78 is 11.9. The standard InChI is InChI=1S/C20H34O5/c1-2-3-4-7-16(25-20-8-5-6-13-24-20)11-9-15-10-12-18(21)17(15)14-19(22)23/h9,11,15-18,20-21H,2-8,10,12-14H2,1H3,(H,22,23)/t15?,16?,17-,18+,20?/m1/s1. The molecule has 1 saturated carbocycles. The molecule has 5 nitrogen and oxygen atoms in total. The van der Waals surface area contributed by atoms with Crippen molar-refractivity contribution < 1.29 is 24.5 Å². The average molecular weight is 354 g/mol. The van der Waals surface area contributed by atoms with E-state index >= 15 is 0 Å².